The monoisotopic (exact) mass is 443 g/mol. The van der Waals surface area contributed by atoms with E-state index in [-0.39, 0.29) is 13.2 Å². The molecule has 0 fully saturated rings. The summed E-state index contributed by atoms with van der Waals surface area (Å²) in [6.07, 6.45) is 0. The first-order valence-electron chi connectivity index (χ1n) is 8.68. The number of rotatable bonds is 8. The number of halogens is 3. The Morgan fingerprint density at radius 1 is 0.893 bits per heavy atom. The maximum absolute atomic E-state index is 12.7. The number of hydrogen-bond acceptors (Lipinski definition) is 5. The number of carbonyl (C=O) groups is 2. The van der Waals surface area contributed by atoms with Gasteiger partial charge in [0.25, 0.3) is 0 Å². The smallest absolute Gasteiger partial charge is 0.322 e. The molecule has 0 aliphatic heterocycles. The molecule has 0 aliphatic carbocycles. The molecule has 0 heterocycles. The van der Waals surface area contributed by atoms with Gasteiger partial charge in [-0.1, -0.05) is 40.9 Å². The first-order valence-corrected chi connectivity index (χ1v) is 9.81. The third kappa shape index (κ3) is 5.53. The van der Waals surface area contributed by atoms with Gasteiger partial charge in [0.2, 0.25) is 0 Å². The van der Waals surface area contributed by atoms with Crippen molar-refractivity contribution in [3.05, 3.63) is 63.1 Å². The van der Waals surface area contributed by atoms with Crippen molar-refractivity contribution in [3.63, 3.8) is 0 Å². The van der Waals surface area contributed by atoms with Gasteiger partial charge in [-0.05, 0) is 50.2 Å². The number of esters is 2. The summed E-state index contributed by atoms with van der Waals surface area (Å²) in [6.45, 7) is 3.53. The van der Waals surface area contributed by atoms with Gasteiger partial charge in [-0.2, -0.15) is 0 Å². The molecule has 1 N–H and O–H groups in total. The number of benzene rings is 2. The van der Waals surface area contributed by atoms with Crippen molar-refractivity contribution in [2.45, 2.75) is 19.9 Å². The van der Waals surface area contributed by atoms with Gasteiger partial charge in [0.1, 0.15) is 0 Å². The molecule has 0 amide bonds. The van der Waals surface area contributed by atoms with Crippen LogP contribution < -0.4 is 5.32 Å². The van der Waals surface area contributed by atoms with E-state index in [4.69, 9.17) is 44.3 Å². The van der Waals surface area contributed by atoms with E-state index in [0.29, 0.717) is 26.3 Å². The number of ether oxygens (including phenoxy) is 2. The molecular weight excluding hydrogens is 425 g/mol. The third-order valence-electron chi connectivity index (χ3n) is 3.89. The van der Waals surface area contributed by atoms with Crippen LogP contribution in [0.5, 0.6) is 0 Å². The Morgan fingerprint density at radius 3 is 1.86 bits per heavy atom. The summed E-state index contributed by atoms with van der Waals surface area (Å²) in [7, 11) is 0. The Labute approximate surface area is 178 Å². The molecule has 1 atom stereocenters. The van der Waals surface area contributed by atoms with Crippen LogP contribution in [0.15, 0.2) is 42.5 Å². The zero-order valence-corrected chi connectivity index (χ0v) is 17.6. The van der Waals surface area contributed by atoms with Crippen molar-refractivity contribution in [3.8, 4) is 0 Å². The standard InChI is InChI=1S/C20H20Cl3NO4/c1-3-27-19(25)17(20(26)28-4-2)18(16-14(22)6-5-7-15(16)23)24-13-10-8-12(21)9-11-13/h5-11,17-18,24H,3-4H2,1-2H3. The predicted molar refractivity (Wildman–Crippen MR) is 111 cm³/mol. The Morgan fingerprint density at radius 2 is 1.39 bits per heavy atom. The van der Waals surface area contributed by atoms with Gasteiger partial charge in [0.05, 0.1) is 19.3 Å². The first kappa shape index (κ1) is 22.3. The average molecular weight is 445 g/mol. The fourth-order valence-corrected chi connectivity index (χ4v) is 3.45. The van der Waals surface area contributed by atoms with Crippen LogP contribution in [0.3, 0.4) is 0 Å². The lowest BCUT2D eigenvalue weighted by atomic mass is 9.92. The van der Waals surface area contributed by atoms with Gasteiger partial charge in [0, 0.05) is 26.3 Å². The SMILES string of the molecule is CCOC(=O)C(C(=O)OCC)C(Nc1ccc(Cl)cc1)c1c(Cl)cccc1Cl. The van der Waals surface area contributed by atoms with Crippen molar-refractivity contribution in [1.82, 2.24) is 0 Å². The number of anilines is 1. The van der Waals surface area contributed by atoms with Crippen LogP contribution in [0, 0.1) is 5.92 Å². The van der Waals surface area contributed by atoms with Crippen LogP contribution in [0.25, 0.3) is 0 Å². The van der Waals surface area contributed by atoms with E-state index in [1.54, 1.807) is 56.3 Å². The lowest BCUT2D eigenvalue weighted by Crippen LogP contribution is -2.37. The van der Waals surface area contributed by atoms with Crippen LogP contribution in [-0.2, 0) is 19.1 Å². The van der Waals surface area contributed by atoms with Crippen LogP contribution in [-0.4, -0.2) is 25.2 Å². The second-order valence-electron chi connectivity index (χ2n) is 5.75. The molecule has 0 saturated heterocycles. The lowest BCUT2D eigenvalue weighted by Gasteiger charge is -2.28. The Bertz CT molecular complexity index is 788. The summed E-state index contributed by atoms with van der Waals surface area (Å²) in [4.78, 5) is 25.3. The molecule has 28 heavy (non-hydrogen) atoms. The van der Waals surface area contributed by atoms with E-state index in [9.17, 15) is 9.59 Å². The molecule has 2 aromatic carbocycles. The molecular formula is C20H20Cl3NO4. The molecule has 5 nitrogen and oxygen atoms in total. The zero-order valence-electron chi connectivity index (χ0n) is 15.4. The minimum atomic E-state index is -1.31. The van der Waals surface area contributed by atoms with Crippen molar-refractivity contribution in [1.29, 1.82) is 0 Å². The molecule has 1 unspecified atom stereocenters. The molecule has 0 aliphatic rings. The second-order valence-corrected chi connectivity index (χ2v) is 7.00. The number of carbonyl (C=O) groups excluding carboxylic acids is 2. The maximum atomic E-state index is 12.7. The highest BCUT2D eigenvalue weighted by molar-refractivity contribution is 6.36. The quantitative estimate of drug-likeness (QED) is 0.427. The average Bonchev–Trinajstić information content (AvgIpc) is 2.64. The Hall–Kier alpha value is -1.95. The molecule has 2 aromatic rings. The summed E-state index contributed by atoms with van der Waals surface area (Å²) in [5.74, 6) is -2.78. The number of nitrogens with one attached hydrogen (secondary N) is 1. The second kappa shape index (κ2) is 10.6. The summed E-state index contributed by atoms with van der Waals surface area (Å²) in [5, 5.41) is 4.31. The van der Waals surface area contributed by atoms with Crippen LogP contribution in [0.2, 0.25) is 15.1 Å². The van der Waals surface area contributed by atoms with Gasteiger partial charge in [-0.15, -0.1) is 0 Å². The molecule has 0 bridgehead atoms. The van der Waals surface area contributed by atoms with Crippen molar-refractivity contribution >= 4 is 52.4 Å². The summed E-state index contributed by atoms with van der Waals surface area (Å²) < 4.78 is 10.2. The molecule has 2 rings (SSSR count). The fraction of sp³-hybridized carbons (Fsp3) is 0.300. The van der Waals surface area contributed by atoms with Gasteiger partial charge in [-0.3, -0.25) is 9.59 Å². The van der Waals surface area contributed by atoms with Crippen LogP contribution in [0.1, 0.15) is 25.5 Å². The van der Waals surface area contributed by atoms with Crippen LogP contribution in [0.4, 0.5) is 5.69 Å². The summed E-state index contributed by atoms with van der Waals surface area (Å²) in [5.41, 5.74) is 1.01. The van der Waals surface area contributed by atoms with E-state index >= 15 is 0 Å². The zero-order chi connectivity index (χ0) is 20.7. The van der Waals surface area contributed by atoms with E-state index in [0.717, 1.165) is 0 Å². The molecule has 0 spiro atoms. The summed E-state index contributed by atoms with van der Waals surface area (Å²) >= 11 is 18.7. The molecule has 150 valence electrons. The Kier molecular flexibility index (Phi) is 8.42. The molecule has 0 saturated carbocycles. The van der Waals surface area contributed by atoms with Crippen molar-refractivity contribution in [2.24, 2.45) is 5.92 Å². The van der Waals surface area contributed by atoms with Gasteiger partial charge in [0.15, 0.2) is 5.92 Å². The van der Waals surface area contributed by atoms with Crippen molar-refractivity contribution in [2.75, 3.05) is 18.5 Å². The van der Waals surface area contributed by atoms with E-state index in [2.05, 4.69) is 5.32 Å². The normalized spacial score (nSPS) is 11.8. The van der Waals surface area contributed by atoms with Crippen molar-refractivity contribution < 1.29 is 19.1 Å². The first-order chi connectivity index (χ1) is 13.4. The fourth-order valence-electron chi connectivity index (χ4n) is 2.69. The van der Waals surface area contributed by atoms with E-state index in [1.165, 1.54) is 0 Å². The van der Waals surface area contributed by atoms with Crippen LogP contribution >= 0.6 is 34.8 Å². The topological polar surface area (TPSA) is 64.6 Å². The van der Waals surface area contributed by atoms with Gasteiger partial charge >= 0.3 is 11.9 Å². The van der Waals surface area contributed by atoms with Gasteiger partial charge in [-0.25, -0.2) is 0 Å². The third-order valence-corrected chi connectivity index (χ3v) is 4.80. The highest BCUT2D eigenvalue weighted by atomic mass is 35.5. The molecule has 0 radical (unpaired) electrons. The van der Waals surface area contributed by atoms with E-state index < -0.39 is 23.9 Å². The summed E-state index contributed by atoms with van der Waals surface area (Å²) in [6, 6.07) is 10.8. The molecule has 0 aromatic heterocycles. The highest BCUT2D eigenvalue weighted by Crippen LogP contribution is 2.38. The maximum Gasteiger partial charge on any atom is 0.322 e. The highest BCUT2D eigenvalue weighted by Gasteiger charge is 2.40. The van der Waals surface area contributed by atoms with E-state index in [1.807, 2.05) is 0 Å². The Balaban J connectivity index is 2.57. The largest absolute Gasteiger partial charge is 0.465 e. The minimum absolute atomic E-state index is 0.110. The van der Waals surface area contributed by atoms with Gasteiger partial charge < -0.3 is 14.8 Å². The lowest BCUT2D eigenvalue weighted by molar-refractivity contribution is -0.162. The predicted octanol–water partition coefficient (Wildman–Crippen LogP) is 5.54. The molecule has 8 heteroatoms. The minimum Gasteiger partial charge on any atom is -0.465 e. The number of hydrogen-bond donors (Lipinski definition) is 1.